The van der Waals surface area contributed by atoms with Gasteiger partial charge in [-0.2, -0.15) is 0 Å². The standard InChI is InChI=1S/C19H21F3N2/c20-9-10-23-11-13-24(14-12-23)19(15-1-5-17(21)6-2-15)16-3-7-18(22)8-4-16/h1-8,19H,9-14H2. The zero-order chi connectivity index (χ0) is 16.9. The van der Waals surface area contributed by atoms with Crippen molar-refractivity contribution in [3.8, 4) is 0 Å². The number of piperazine rings is 1. The summed E-state index contributed by atoms with van der Waals surface area (Å²) in [6.07, 6.45) is 0. The number of hydrogen-bond acceptors (Lipinski definition) is 2. The van der Waals surface area contributed by atoms with Crippen LogP contribution in [0.3, 0.4) is 0 Å². The van der Waals surface area contributed by atoms with Crippen molar-refractivity contribution < 1.29 is 13.2 Å². The van der Waals surface area contributed by atoms with Crippen molar-refractivity contribution in [1.82, 2.24) is 9.80 Å². The molecule has 0 amide bonds. The molecule has 0 aromatic heterocycles. The number of hydrogen-bond donors (Lipinski definition) is 0. The molecule has 1 saturated heterocycles. The van der Waals surface area contributed by atoms with Crippen molar-refractivity contribution >= 4 is 0 Å². The Bertz CT molecular complexity index is 589. The molecule has 0 aliphatic carbocycles. The molecule has 0 bridgehead atoms. The fraction of sp³-hybridized carbons (Fsp3) is 0.368. The van der Waals surface area contributed by atoms with Gasteiger partial charge in [0, 0.05) is 32.7 Å². The van der Waals surface area contributed by atoms with Crippen molar-refractivity contribution in [3.63, 3.8) is 0 Å². The molecule has 2 aromatic carbocycles. The third kappa shape index (κ3) is 3.97. The molecule has 0 N–H and O–H groups in total. The molecule has 0 radical (unpaired) electrons. The van der Waals surface area contributed by atoms with E-state index in [-0.39, 0.29) is 24.4 Å². The van der Waals surface area contributed by atoms with Gasteiger partial charge in [-0.15, -0.1) is 0 Å². The Morgan fingerprint density at radius 1 is 0.750 bits per heavy atom. The quantitative estimate of drug-likeness (QED) is 0.824. The summed E-state index contributed by atoms with van der Waals surface area (Å²) in [5.74, 6) is -0.547. The molecule has 3 rings (SSSR count). The number of alkyl halides is 1. The van der Waals surface area contributed by atoms with Crippen molar-refractivity contribution in [3.05, 3.63) is 71.3 Å². The fourth-order valence-electron chi connectivity index (χ4n) is 3.27. The molecule has 0 atom stereocenters. The first-order valence-electron chi connectivity index (χ1n) is 8.20. The maximum Gasteiger partial charge on any atom is 0.123 e. The van der Waals surface area contributed by atoms with Crippen molar-refractivity contribution in [2.45, 2.75) is 6.04 Å². The molecule has 24 heavy (non-hydrogen) atoms. The third-order valence-corrected chi connectivity index (χ3v) is 4.54. The monoisotopic (exact) mass is 334 g/mol. The Hall–Kier alpha value is -1.85. The molecule has 0 saturated carbocycles. The Morgan fingerprint density at radius 3 is 1.62 bits per heavy atom. The van der Waals surface area contributed by atoms with Crippen molar-refractivity contribution in [1.29, 1.82) is 0 Å². The molecule has 2 aromatic rings. The van der Waals surface area contributed by atoms with Crippen LogP contribution in [0.1, 0.15) is 17.2 Å². The lowest BCUT2D eigenvalue weighted by molar-refractivity contribution is 0.104. The largest absolute Gasteiger partial charge is 0.298 e. The average molecular weight is 334 g/mol. The van der Waals surface area contributed by atoms with E-state index in [0.29, 0.717) is 6.54 Å². The van der Waals surface area contributed by atoms with Gasteiger partial charge in [0.05, 0.1) is 6.04 Å². The minimum Gasteiger partial charge on any atom is -0.298 e. The summed E-state index contributed by atoms with van der Waals surface area (Å²) in [5, 5.41) is 0. The van der Waals surface area contributed by atoms with Crippen LogP contribution in [0.4, 0.5) is 13.2 Å². The summed E-state index contributed by atoms with van der Waals surface area (Å²) < 4.78 is 39.1. The Labute approximate surface area is 140 Å². The second kappa shape index (κ2) is 7.81. The van der Waals surface area contributed by atoms with Gasteiger partial charge in [0.2, 0.25) is 0 Å². The second-order valence-electron chi connectivity index (χ2n) is 6.07. The number of rotatable bonds is 5. The van der Waals surface area contributed by atoms with Crippen LogP contribution in [0.2, 0.25) is 0 Å². The molecule has 0 spiro atoms. The Morgan fingerprint density at radius 2 is 1.21 bits per heavy atom. The van der Waals surface area contributed by atoms with Gasteiger partial charge in [-0.1, -0.05) is 24.3 Å². The SMILES string of the molecule is FCCN1CCN(C(c2ccc(F)cc2)c2ccc(F)cc2)CC1. The normalized spacial score (nSPS) is 16.7. The van der Waals surface area contributed by atoms with Gasteiger partial charge < -0.3 is 0 Å². The van der Waals surface area contributed by atoms with E-state index in [9.17, 15) is 13.2 Å². The minimum absolute atomic E-state index is 0.0567. The van der Waals surface area contributed by atoms with Gasteiger partial charge in [0.1, 0.15) is 18.3 Å². The van der Waals surface area contributed by atoms with Gasteiger partial charge >= 0.3 is 0 Å². The van der Waals surface area contributed by atoms with Crippen LogP contribution in [0.25, 0.3) is 0 Å². The van der Waals surface area contributed by atoms with Crippen molar-refractivity contribution in [2.24, 2.45) is 0 Å². The fourth-order valence-corrected chi connectivity index (χ4v) is 3.27. The lowest BCUT2D eigenvalue weighted by atomic mass is 9.96. The zero-order valence-electron chi connectivity index (χ0n) is 13.5. The Kier molecular flexibility index (Phi) is 5.53. The number of benzene rings is 2. The predicted molar refractivity (Wildman–Crippen MR) is 88.6 cm³/mol. The molecule has 2 nitrogen and oxygen atoms in total. The van der Waals surface area contributed by atoms with E-state index >= 15 is 0 Å². The van der Waals surface area contributed by atoms with Gasteiger partial charge in [-0.3, -0.25) is 9.80 Å². The first-order chi connectivity index (χ1) is 11.7. The second-order valence-corrected chi connectivity index (χ2v) is 6.07. The molecule has 5 heteroatoms. The molecule has 128 valence electrons. The average Bonchev–Trinajstić information content (AvgIpc) is 2.60. The zero-order valence-corrected chi connectivity index (χ0v) is 13.5. The lowest BCUT2D eigenvalue weighted by Gasteiger charge is -2.39. The highest BCUT2D eigenvalue weighted by atomic mass is 19.1. The van der Waals surface area contributed by atoms with Crippen LogP contribution in [0.5, 0.6) is 0 Å². The van der Waals surface area contributed by atoms with E-state index < -0.39 is 0 Å². The molecular weight excluding hydrogens is 313 g/mol. The molecule has 1 fully saturated rings. The first kappa shape index (κ1) is 17.0. The highest BCUT2D eigenvalue weighted by Gasteiger charge is 2.26. The van der Waals surface area contributed by atoms with Gasteiger partial charge in [-0.25, -0.2) is 13.2 Å². The molecule has 0 unspecified atom stereocenters. The predicted octanol–water partition coefficient (Wildman–Crippen LogP) is 3.64. The van der Waals surface area contributed by atoms with Crippen LogP contribution in [-0.2, 0) is 0 Å². The van der Waals surface area contributed by atoms with Crippen LogP contribution in [0, 0.1) is 11.6 Å². The summed E-state index contributed by atoms with van der Waals surface area (Å²) in [5.41, 5.74) is 1.95. The lowest BCUT2D eigenvalue weighted by Crippen LogP contribution is -2.48. The van der Waals surface area contributed by atoms with E-state index in [0.717, 1.165) is 37.3 Å². The Balaban J connectivity index is 1.85. The molecule has 1 aliphatic rings. The molecular formula is C19H21F3N2. The maximum atomic E-state index is 13.3. The van der Waals surface area contributed by atoms with Crippen LogP contribution >= 0.6 is 0 Å². The van der Waals surface area contributed by atoms with Crippen LogP contribution < -0.4 is 0 Å². The van der Waals surface area contributed by atoms with Gasteiger partial charge in [0.25, 0.3) is 0 Å². The van der Waals surface area contributed by atoms with Crippen molar-refractivity contribution in [2.75, 3.05) is 39.4 Å². The smallest absolute Gasteiger partial charge is 0.123 e. The summed E-state index contributed by atoms with van der Waals surface area (Å²) in [7, 11) is 0. The van der Waals surface area contributed by atoms with Crippen LogP contribution in [0.15, 0.2) is 48.5 Å². The van der Waals surface area contributed by atoms with E-state index in [1.807, 2.05) is 0 Å². The number of nitrogens with zero attached hydrogens (tertiary/aromatic N) is 2. The topological polar surface area (TPSA) is 6.48 Å². The van der Waals surface area contributed by atoms with E-state index in [4.69, 9.17) is 0 Å². The van der Waals surface area contributed by atoms with E-state index in [1.165, 1.54) is 24.3 Å². The highest BCUT2D eigenvalue weighted by Crippen LogP contribution is 2.30. The summed E-state index contributed by atoms with van der Waals surface area (Å²) in [4.78, 5) is 4.39. The molecule has 1 aliphatic heterocycles. The summed E-state index contributed by atoms with van der Waals surface area (Å²) in [6, 6.07) is 12.8. The van der Waals surface area contributed by atoms with E-state index in [2.05, 4.69) is 9.80 Å². The summed E-state index contributed by atoms with van der Waals surface area (Å²) in [6.45, 7) is 3.30. The van der Waals surface area contributed by atoms with Gasteiger partial charge in [0.15, 0.2) is 0 Å². The van der Waals surface area contributed by atoms with Crippen LogP contribution in [-0.4, -0.2) is 49.2 Å². The highest BCUT2D eigenvalue weighted by molar-refractivity contribution is 5.32. The molecule has 1 heterocycles. The summed E-state index contributed by atoms with van der Waals surface area (Å²) >= 11 is 0. The maximum absolute atomic E-state index is 13.3. The number of halogens is 3. The van der Waals surface area contributed by atoms with Gasteiger partial charge in [-0.05, 0) is 35.4 Å². The first-order valence-corrected chi connectivity index (χ1v) is 8.20. The third-order valence-electron chi connectivity index (χ3n) is 4.54. The van der Waals surface area contributed by atoms with E-state index in [1.54, 1.807) is 24.3 Å². The minimum atomic E-state index is -0.334.